The zero-order chi connectivity index (χ0) is 15.9. The van der Waals surface area contributed by atoms with Crippen LogP contribution in [0.2, 0.25) is 0 Å². The van der Waals surface area contributed by atoms with E-state index in [-0.39, 0.29) is 5.82 Å². The molecule has 2 rings (SSSR count). The molecule has 2 nitrogen and oxygen atoms in total. The molecule has 0 amide bonds. The number of anilines is 1. The van der Waals surface area contributed by atoms with E-state index in [4.69, 9.17) is 12.2 Å². The second-order valence-electron chi connectivity index (χ2n) is 5.53. The van der Waals surface area contributed by atoms with Gasteiger partial charge >= 0.3 is 0 Å². The summed E-state index contributed by atoms with van der Waals surface area (Å²) >= 11 is 5.22. The van der Waals surface area contributed by atoms with Crippen LogP contribution in [0.25, 0.3) is 0 Å². The number of rotatable bonds is 5. The van der Waals surface area contributed by atoms with Crippen molar-refractivity contribution in [1.29, 1.82) is 0 Å². The molecular weight excluding hydrogens is 295 g/mol. The average Bonchev–Trinajstić information content (AvgIpc) is 2.50. The van der Waals surface area contributed by atoms with Crippen molar-refractivity contribution >= 4 is 23.0 Å². The normalized spacial score (nSPS) is 10.5. The van der Waals surface area contributed by atoms with Crippen molar-refractivity contribution in [2.24, 2.45) is 0 Å². The van der Waals surface area contributed by atoms with Crippen molar-refractivity contribution in [2.45, 2.75) is 26.2 Å². The van der Waals surface area contributed by atoms with E-state index < -0.39 is 0 Å². The lowest BCUT2D eigenvalue weighted by atomic mass is 10.0. The monoisotopic (exact) mass is 316 g/mol. The van der Waals surface area contributed by atoms with Crippen molar-refractivity contribution < 1.29 is 4.39 Å². The Morgan fingerprint density at radius 1 is 1.05 bits per heavy atom. The molecule has 2 aromatic rings. The fraction of sp³-hybridized carbons (Fsp3) is 0.278. The van der Waals surface area contributed by atoms with Gasteiger partial charge in [0.1, 0.15) is 5.82 Å². The lowest BCUT2D eigenvalue weighted by Crippen LogP contribution is -2.30. The van der Waals surface area contributed by atoms with Crippen LogP contribution in [-0.2, 0) is 6.42 Å². The summed E-state index contributed by atoms with van der Waals surface area (Å²) in [6.07, 6.45) is 0.906. The molecular formula is C18H21FN2S. The first kappa shape index (κ1) is 16.4. The first-order valence-electron chi connectivity index (χ1n) is 7.44. The molecule has 2 N–H and O–H groups in total. The minimum absolute atomic E-state index is 0.255. The van der Waals surface area contributed by atoms with Gasteiger partial charge in [-0.3, -0.25) is 0 Å². The third kappa shape index (κ3) is 5.11. The fourth-order valence-electron chi connectivity index (χ4n) is 2.10. The lowest BCUT2D eigenvalue weighted by molar-refractivity contribution is 0.628. The zero-order valence-electron chi connectivity index (χ0n) is 12.9. The number of benzene rings is 2. The van der Waals surface area contributed by atoms with Gasteiger partial charge < -0.3 is 10.6 Å². The molecule has 0 aromatic heterocycles. The van der Waals surface area contributed by atoms with E-state index in [0.29, 0.717) is 11.0 Å². The molecule has 0 heterocycles. The Hall–Kier alpha value is -1.94. The predicted molar refractivity (Wildman–Crippen MR) is 94.9 cm³/mol. The molecule has 0 aliphatic heterocycles. The Morgan fingerprint density at radius 2 is 1.68 bits per heavy atom. The molecule has 22 heavy (non-hydrogen) atoms. The first-order valence-corrected chi connectivity index (χ1v) is 7.84. The topological polar surface area (TPSA) is 24.1 Å². The maximum Gasteiger partial charge on any atom is 0.170 e. The highest BCUT2D eigenvalue weighted by Gasteiger charge is 2.00. The molecule has 0 saturated carbocycles. The Labute approximate surface area is 136 Å². The van der Waals surface area contributed by atoms with Crippen molar-refractivity contribution in [1.82, 2.24) is 5.32 Å². The van der Waals surface area contributed by atoms with Gasteiger partial charge in [0.2, 0.25) is 0 Å². The van der Waals surface area contributed by atoms with Crippen molar-refractivity contribution in [3.05, 3.63) is 65.5 Å². The van der Waals surface area contributed by atoms with Gasteiger partial charge in [-0.05, 0) is 59.9 Å². The van der Waals surface area contributed by atoms with Gasteiger partial charge in [-0.15, -0.1) is 0 Å². The third-order valence-electron chi connectivity index (χ3n) is 3.45. The summed E-state index contributed by atoms with van der Waals surface area (Å²) in [5, 5.41) is 6.74. The Balaban J connectivity index is 1.75. The van der Waals surface area contributed by atoms with Crippen LogP contribution in [0.15, 0.2) is 48.5 Å². The molecule has 0 radical (unpaired) electrons. The van der Waals surface area contributed by atoms with Crippen LogP contribution < -0.4 is 10.6 Å². The summed E-state index contributed by atoms with van der Waals surface area (Å²) in [6, 6.07) is 14.8. The van der Waals surface area contributed by atoms with Crippen LogP contribution >= 0.6 is 12.2 Å². The minimum Gasteiger partial charge on any atom is -0.362 e. The van der Waals surface area contributed by atoms with E-state index in [0.717, 1.165) is 18.7 Å². The van der Waals surface area contributed by atoms with Gasteiger partial charge in [-0.1, -0.05) is 38.1 Å². The third-order valence-corrected chi connectivity index (χ3v) is 3.69. The van der Waals surface area contributed by atoms with Crippen molar-refractivity contribution in [3.8, 4) is 0 Å². The maximum absolute atomic E-state index is 12.8. The summed E-state index contributed by atoms with van der Waals surface area (Å²) in [6.45, 7) is 5.14. The highest BCUT2D eigenvalue weighted by atomic mass is 32.1. The van der Waals surface area contributed by atoms with Crippen molar-refractivity contribution in [3.63, 3.8) is 0 Å². The Bertz CT molecular complexity index is 606. The van der Waals surface area contributed by atoms with Gasteiger partial charge in [-0.2, -0.15) is 0 Å². The highest BCUT2D eigenvalue weighted by molar-refractivity contribution is 7.80. The van der Waals surface area contributed by atoms with E-state index in [1.54, 1.807) is 12.1 Å². The van der Waals surface area contributed by atoms with Gasteiger partial charge in [-0.25, -0.2) is 4.39 Å². The summed E-state index contributed by atoms with van der Waals surface area (Å²) in [5.41, 5.74) is 3.41. The molecule has 0 spiro atoms. The largest absolute Gasteiger partial charge is 0.362 e. The first-order chi connectivity index (χ1) is 10.5. The SMILES string of the molecule is CC(C)c1ccc(CCNC(=S)Nc2ccc(F)cc2)cc1. The predicted octanol–water partition coefficient (Wildman–Crippen LogP) is 4.48. The van der Waals surface area contributed by atoms with Crippen LogP contribution in [0.5, 0.6) is 0 Å². The number of halogens is 1. The van der Waals surface area contributed by atoms with E-state index in [9.17, 15) is 4.39 Å². The Morgan fingerprint density at radius 3 is 2.27 bits per heavy atom. The zero-order valence-corrected chi connectivity index (χ0v) is 13.7. The molecule has 0 aliphatic carbocycles. The second kappa shape index (κ2) is 7.90. The van der Waals surface area contributed by atoms with Gasteiger partial charge in [0.25, 0.3) is 0 Å². The molecule has 116 valence electrons. The lowest BCUT2D eigenvalue weighted by Gasteiger charge is -2.11. The molecule has 0 atom stereocenters. The van der Waals surface area contributed by atoms with Crippen LogP contribution in [0.4, 0.5) is 10.1 Å². The molecule has 0 fully saturated rings. The summed E-state index contributed by atoms with van der Waals surface area (Å²) in [7, 11) is 0. The van der Waals surface area contributed by atoms with Crippen LogP contribution in [0.3, 0.4) is 0 Å². The summed E-state index contributed by atoms with van der Waals surface area (Å²) in [5.74, 6) is 0.300. The molecule has 2 aromatic carbocycles. The number of hydrogen-bond donors (Lipinski definition) is 2. The van der Waals surface area contributed by atoms with Crippen LogP contribution in [0, 0.1) is 5.82 Å². The van der Waals surface area contributed by atoms with E-state index in [2.05, 4.69) is 48.7 Å². The highest BCUT2D eigenvalue weighted by Crippen LogP contribution is 2.14. The second-order valence-corrected chi connectivity index (χ2v) is 5.94. The average molecular weight is 316 g/mol. The molecule has 0 unspecified atom stereocenters. The van der Waals surface area contributed by atoms with E-state index in [1.807, 2.05) is 0 Å². The summed E-state index contributed by atoms with van der Waals surface area (Å²) < 4.78 is 12.8. The number of hydrogen-bond acceptors (Lipinski definition) is 1. The van der Waals surface area contributed by atoms with E-state index >= 15 is 0 Å². The number of nitrogens with one attached hydrogen (secondary N) is 2. The van der Waals surface area contributed by atoms with Gasteiger partial charge in [0.05, 0.1) is 0 Å². The molecule has 0 saturated heterocycles. The van der Waals surface area contributed by atoms with Crippen LogP contribution in [-0.4, -0.2) is 11.7 Å². The van der Waals surface area contributed by atoms with E-state index in [1.165, 1.54) is 23.3 Å². The van der Waals surface area contributed by atoms with Gasteiger partial charge in [0, 0.05) is 12.2 Å². The smallest absolute Gasteiger partial charge is 0.170 e. The number of thiocarbonyl (C=S) groups is 1. The molecule has 0 bridgehead atoms. The van der Waals surface area contributed by atoms with Crippen molar-refractivity contribution in [2.75, 3.05) is 11.9 Å². The van der Waals surface area contributed by atoms with Crippen LogP contribution in [0.1, 0.15) is 30.9 Å². The molecule has 0 aliphatic rings. The van der Waals surface area contributed by atoms with Gasteiger partial charge in [0.15, 0.2) is 5.11 Å². The fourth-order valence-corrected chi connectivity index (χ4v) is 2.32. The minimum atomic E-state index is -0.255. The molecule has 4 heteroatoms. The summed E-state index contributed by atoms with van der Waals surface area (Å²) in [4.78, 5) is 0. The standard InChI is InChI=1S/C18H21FN2S/c1-13(2)15-5-3-14(4-6-15)11-12-20-18(22)21-17-9-7-16(19)8-10-17/h3-10,13H,11-12H2,1-2H3,(H2,20,21,22). The quantitative estimate of drug-likeness (QED) is 0.795. The Kier molecular flexibility index (Phi) is 5.90. The maximum atomic E-state index is 12.8.